The van der Waals surface area contributed by atoms with Crippen LogP contribution in [0.15, 0.2) is 48.5 Å². The molecule has 146 valence electrons. The van der Waals surface area contributed by atoms with Gasteiger partial charge in [-0.05, 0) is 54.8 Å². The number of nitriles is 1. The van der Waals surface area contributed by atoms with Gasteiger partial charge >= 0.3 is 0 Å². The summed E-state index contributed by atoms with van der Waals surface area (Å²) in [5.74, 6) is 1.26. The molecule has 0 spiro atoms. The maximum Gasteiger partial charge on any atom is 0.246 e. The number of hydrogen-bond donors (Lipinski definition) is 0. The van der Waals surface area contributed by atoms with Gasteiger partial charge in [-0.1, -0.05) is 25.1 Å². The Hall–Kier alpha value is -3.26. The van der Waals surface area contributed by atoms with E-state index in [0.717, 1.165) is 17.5 Å². The van der Waals surface area contributed by atoms with Crippen LogP contribution < -0.4 is 9.47 Å². The number of nitrogens with zero attached hydrogens (tertiary/aromatic N) is 2. The number of benzene rings is 2. The van der Waals surface area contributed by atoms with Crippen molar-refractivity contribution < 1.29 is 14.3 Å². The number of carbonyl (C=O) groups is 1. The summed E-state index contributed by atoms with van der Waals surface area (Å²) in [6, 6.07) is 15.0. The summed E-state index contributed by atoms with van der Waals surface area (Å²) < 4.78 is 11.3. The molecular formula is C23H26N2O3. The molecule has 2 aromatic rings. The third kappa shape index (κ3) is 6.17. The largest absolute Gasteiger partial charge is 0.490 e. The summed E-state index contributed by atoms with van der Waals surface area (Å²) in [6.45, 7) is 5.58. The van der Waals surface area contributed by atoms with Gasteiger partial charge in [0.2, 0.25) is 5.91 Å². The van der Waals surface area contributed by atoms with E-state index >= 15 is 0 Å². The van der Waals surface area contributed by atoms with Crippen LogP contribution in [0.2, 0.25) is 0 Å². The molecule has 0 bridgehead atoms. The van der Waals surface area contributed by atoms with Crippen molar-refractivity contribution in [1.29, 1.82) is 5.26 Å². The topological polar surface area (TPSA) is 62.6 Å². The van der Waals surface area contributed by atoms with Crippen LogP contribution in [0.4, 0.5) is 0 Å². The normalized spacial score (nSPS) is 10.5. The fourth-order valence-electron chi connectivity index (χ4n) is 2.61. The molecule has 1 amide bonds. The second-order valence-corrected chi connectivity index (χ2v) is 6.33. The van der Waals surface area contributed by atoms with E-state index < -0.39 is 0 Å². The maximum atomic E-state index is 12.4. The van der Waals surface area contributed by atoms with Crippen LogP contribution in [0.3, 0.4) is 0 Å². The van der Waals surface area contributed by atoms with E-state index in [0.29, 0.717) is 36.8 Å². The van der Waals surface area contributed by atoms with Crippen molar-refractivity contribution in [2.24, 2.45) is 0 Å². The molecule has 0 unspecified atom stereocenters. The van der Waals surface area contributed by atoms with Gasteiger partial charge in [0.05, 0.1) is 24.8 Å². The van der Waals surface area contributed by atoms with Crippen LogP contribution in [0.1, 0.15) is 37.0 Å². The third-order valence-corrected chi connectivity index (χ3v) is 4.00. The molecule has 0 aromatic heterocycles. The summed E-state index contributed by atoms with van der Waals surface area (Å²) >= 11 is 0. The number of rotatable bonds is 9. The van der Waals surface area contributed by atoms with Crippen molar-refractivity contribution in [1.82, 2.24) is 4.90 Å². The Bertz CT molecular complexity index is 868. The predicted molar refractivity (Wildman–Crippen MR) is 110 cm³/mol. The average Bonchev–Trinajstić information content (AvgIpc) is 2.71. The molecule has 0 radical (unpaired) electrons. The molecule has 0 atom stereocenters. The van der Waals surface area contributed by atoms with Crippen molar-refractivity contribution in [2.75, 3.05) is 20.3 Å². The minimum Gasteiger partial charge on any atom is -0.490 e. The van der Waals surface area contributed by atoms with Crippen LogP contribution in [-0.4, -0.2) is 31.1 Å². The first-order chi connectivity index (χ1) is 13.6. The molecular weight excluding hydrogens is 352 g/mol. The highest BCUT2D eigenvalue weighted by Gasteiger charge is 2.08. The van der Waals surface area contributed by atoms with Gasteiger partial charge in [-0.3, -0.25) is 4.79 Å². The van der Waals surface area contributed by atoms with Gasteiger partial charge in [0.15, 0.2) is 11.5 Å². The van der Waals surface area contributed by atoms with Gasteiger partial charge in [0, 0.05) is 19.7 Å². The van der Waals surface area contributed by atoms with E-state index in [4.69, 9.17) is 14.7 Å². The van der Waals surface area contributed by atoms with E-state index in [1.165, 1.54) is 6.08 Å². The SMILES string of the molecule is CCCOc1ccc(/C=C/C(=O)N(C)Cc2cccc(C#N)c2)cc1OCC. The molecule has 0 aliphatic carbocycles. The Morgan fingerprint density at radius 2 is 1.96 bits per heavy atom. The zero-order chi connectivity index (χ0) is 20.4. The number of likely N-dealkylation sites (N-methyl/N-ethyl adjacent to an activating group) is 1. The highest BCUT2D eigenvalue weighted by molar-refractivity contribution is 5.91. The van der Waals surface area contributed by atoms with E-state index in [1.807, 2.05) is 37.3 Å². The Kier molecular flexibility index (Phi) is 8.11. The monoisotopic (exact) mass is 378 g/mol. The van der Waals surface area contributed by atoms with E-state index in [9.17, 15) is 4.79 Å². The Balaban J connectivity index is 2.05. The number of hydrogen-bond acceptors (Lipinski definition) is 4. The van der Waals surface area contributed by atoms with Crippen LogP contribution >= 0.6 is 0 Å². The quantitative estimate of drug-likeness (QED) is 0.606. The molecule has 5 nitrogen and oxygen atoms in total. The molecule has 0 saturated heterocycles. The molecule has 2 rings (SSSR count). The van der Waals surface area contributed by atoms with Gasteiger partial charge in [-0.25, -0.2) is 0 Å². The average molecular weight is 378 g/mol. The highest BCUT2D eigenvalue weighted by Crippen LogP contribution is 2.29. The Morgan fingerprint density at radius 3 is 2.68 bits per heavy atom. The van der Waals surface area contributed by atoms with Crippen LogP contribution in [0.5, 0.6) is 11.5 Å². The van der Waals surface area contributed by atoms with Gasteiger partial charge in [-0.15, -0.1) is 0 Å². The lowest BCUT2D eigenvalue weighted by Gasteiger charge is -2.15. The maximum absolute atomic E-state index is 12.4. The highest BCUT2D eigenvalue weighted by atomic mass is 16.5. The van der Waals surface area contributed by atoms with E-state index in [-0.39, 0.29) is 5.91 Å². The fraction of sp³-hybridized carbons (Fsp3) is 0.304. The van der Waals surface area contributed by atoms with Crippen LogP contribution in [0, 0.1) is 11.3 Å². The van der Waals surface area contributed by atoms with E-state index in [2.05, 4.69) is 13.0 Å². The van der Waals surface area contributed by atoms with Crippen molar-refractivity contribution >= 4 is 12.0 Å². The van der Waals surface area contributed by atoms with Crippen molar-refractivity contribution in [3.8, 4) is 17.6 Å². The summed E-state index contributed by atoms with van der Waals surface area (Å²) in [5, 5.41) is 8.98. The summed E-state index contributed by atoms with van der Waals surface area (Å²) in [4.78, 5) is 14.0. The summed E-state index contributed by atoms with van der Waals surface area (Å²) in [5.41, 5.74) is 2.36. The molecule has 0 aliphatic heterocycles. The lowest BCUT2D eigenvalue weighted by molar-refractivity contribution is -0.125. The number of carbonyl (C=O) groups excluding carboxylic acids is 1. The first kappa shape index (κ1) is 21.0. The van der Waals surface area contributed by atoms with Crippen LogP contribution in [-0.2, 0) is 11.3 Å². The molecule has 0 heterocycles. The summed E-state index contributed by atoms with van der Waals surface area (Å²) in [7, 11) is 1.74. The number of ether oxygens (including phenoxy) is 2. The predicted octanol–water partition coefficient (Wildman–Crippen LogP) is 4.42. The molecule has 5 heteroatoms. The smallest absolute Gasteiger partial charge is 0.246 e. The lowest BCUT2D eigenvalue weighted by atomic mass is 10.1. The van der Waals surface area contributed by atoms with Gasteiger partial charge in [0.25, 0.3) is 0 Å². The standard InChI is InChI=1S/C23H26N2O3/c1-4-13-28-21-11-9-18(15-22(21)27-5-2)10-12-23(26)25(3)17-20-8-6-7-19(14-20)16-24/h6-12,14-15H,4-5,13,17H2,1-3H3/b12-10+. The van der Waals surface area contributed by atoms with Crippen molar-refractivity contribution in [3.05, 3.63) is 65.2 Å². The van der Waals surface area contributed by atoms with Crippen LogP contribution in [0.25, 0.3) is 6.08 Å². The minimum absolute atomic E-state index is 0.119. The van der Waals surface area contributed by atoms with Gasteiger partial charge < -0.3 is 14.4 Å². The molecule has 2 aromatic carbocycles. The molecule has 0 N–H and O–H groups in total. The van der Waals surface area contributed by atoms with Gasteiger partial charge in [0.1, 0.15) is 0 Å². The third-order valence-electron chi connectivity index (χ3n) is 4.00. The molecule has 0 aliphatic rings. The lowest BCUT2D eigenvalue weighted by Crippen LogP contribution is -2.24. The van der Waals surface area contributed by atoms with Gasteiger partial charge in [-0.2, -0.15) is 5.26 Å². The fourth-order valence-corrected chi connectivity index (χ4v) is 2.61. The zero-order valence-corrected chi connectivity index (χ0v) is 16.6. The second kappa shape index (κ2) is 10.8. The second-order valence-electron chi connectivity index (χ2n) is 6.33. The molecule has 28 heavy (non-hydrogen) atoms. The first-order valence-electron chi connectivity index (χ1n) is 9.39. The molecule has 0 saturated carbocycles. The van der Waals surface area contributed by atoms with E-state index in [1.54, 1.807) is 30.2 Å². The minimum atomic E-state index is -0.119. The Labute approximate surface area is 166 Å². The zero-order valence-electron chi connectivity index (χ0n) is 16.6. The van der Waals surface area contributed by atoms with Crippen molar-refractivity contribution in [2.45, 2.75) is 26.8 Å². The Morgan fingerprint density at radius 1 is 1.14 bits per heavy atom. The molecule has 0 fully saturated rings. The first-order valence-corrected chi connectivity index (χ1v) is 9.39. The summed E-state index contributed by atoms with van der Waals surface area (Å²) in [6.07, 6.45) is 4.22. The number of amides is 1. The van der Waals surface area contributed by atoms with Crippen molar-refractivity contribution in [3.63, 3.8) is 0 Å².